The third-order valence-electron chi connectivity index (χ3n) is 2.13. The molecule has 16 heavy (non-hydrogen) atoms. The lowest BCUT2D eigenvalue weighted by atomic mass is 10.5. The van der Waals surface area contributed by atoms with Gasteiger partial charge in [0.15, 0.2) is 9.76 Å². The highest BCUT2D eigenvalue weighted by Gasteiger charge is 2.19. The number of nitrogens with zero attached hydrogens (tertiary/aromatic N) is 2. The zero-order valence-electron chi connectivity index (χ0n) is 9.71. The summed E-state index contributed by atoms with van der Waals surface area (Å²) < 4.78 is 8.46. The topological polar surface area (TPSA) is 24.8 Å². The molecule has 1 aliphatic heterocycles. The number of hydrogen-bond acceptors (Lipinski definition) is 5. The standard InChI is InChI=1S/C8H17N2OPS4/c1-14-8(9-12(13,15-2)16-3)10-4-6-11-7-5-10/h4-7H2,1-3H3/b9-8-. The van der Waals surface area contributed by atoms with Crippen molar-refractivity contribution < 1.29 is 4.74 Å². The van der Waals surface area contributed by atoms with E-state index in [0.29, 0.717) is 0 Å². The molecule has 1 heterocycles. The number of thioether (sulfide) groups is 1. The van der Waals surface area contributed by atoms with Crippen LogP contribution in [0.15, 0.2) is 4.76 Å². The van der Waals surface area contributed by atoms with Gasteiger partial charge < -0.3 is 9.64 Å². The normalized spacial score (nSPS) is 18.9. The molecule has 0 N–H and O–H groups in total. The molecule has 0 spiro atoms. The van der Waals surface area contributed by atoms with Crippen LogP contribution in [0.5, 0.6) is 0 Å². The lowest BCUT2D eigenvalue weighted by molar-refractivity contribution is 0.0694. The summed E-state index contributed by atoms with van der Waals surface area (Å²) in [5, 5.41) is 1.08. The van der Waals surface area contributed by atoms with Crippen molar-refractivity contribution in [2.45, 2.75) is 0 Å². The van der Waals surface area contributed by atoms with Gasteiger partial charge in [0.1, 0.15) is 0 Å². The molecule has 0 atom stereocenters. The highest BCUT2D eigenvalue weighted by atomic mass is 33.2. The third-order valence-corrected chi connectivity index (χ3v) is 13.2. The van der Waals surface area contributed by atoms with Crippen LogP contribution in [0.1, 0.15) is 0 Å². The minimum absolute atomic E-state index is 0.793. The smallest absolute Gasteiger partial charge is 0.165 e. The maximum absolute atomic E-state index is 5.59. The van der Waals surface area contributed by atoms with Gasteiger partial charge in [-0.05, 0) is 30.6 Å². The predicted octanol–water partition coefficient (Wildman–Crippen LogP) is 2.99. The molecule has 0 aromatic rings. The van der Waals surface area contributed by atoms with Crippen molar-refractivity contribution in [2.75, 3.05) is 45.1 Å². The van der Waals surface area contributed by atoms with E-state index in [4.69, 9.17) is 21.3 Å². The quantitative estimate of drug-likeness (QED) is 0.451. The fourth-order valence-corrected chi connectivity index (χ4v) is 6.47. The molecule has 1 rings (SSSR count). The van der Waals surface area contributed by atoms with Crippen LogP contribution in [0.3, 0.4) is 0 Å². The van der Waals surface area contributed by atoms with Crippen molar-refractivity contribution in [3.8, 4) is 0 Å². The molecule has 0 aromatic heterocycles. The Morgan fingerprint density at radius 1 is 1.25 bits per heavy atom. The van der Waals surface area contributed by atoms with E-state index < -0.39 is 4.59 Å². The van der Waals surface area contributed by atoms with E-state index in [-0.39, 0.29) is 0 Å². The van der Waals surface area contributed by atoms with Crippen molar-refractivity contribution in [1.29, 1.82) is 0 Å². The molecule has 94 valence electrons. The van der Waals surface area contributed by atoms with E-state index in [9.17, 15) is 0 Å². The van der Waals surface area contributed by atoms with Crippen molar-refractivity contribution in [3.05, 3.63) is 0 Å². The second-order valence-electron chi connectivity index (χ2n) is 3.02. The van der Waals surface area contributed by atoms with Crippen LogP contribution in [-0.2, 0) is 16.5 Å². The fourth-order valence-electron chi connectivity index (χ4n) is 1.25. The summed E-state index contributed by atoms with van der Waals surface area (Å²) in [5.41, 5.74) is 0. The number of rotatable bonds is 3. The molecular formula is C8H17N2OPS4. The molecule has 1 saturated heterocycles. The molecule has 0 aromatic carbocycles. The molecule has 0 saturated carbocycles. The maximum atomic E-state index is 5.59. The first kappa shape index (κ1) is 15.2. The van der Waals surface area contributed by atoms with Crippen molar-refractivity contribution in [2.24, 2.45) is 4.76 Å². The molecule has 3 nitrogen and oxygen atoms in total. The van der Waals surface area contributed by atoms with Gasteiger partial charge in [-0.15, -0.1) is 0 Å². The van der Waals surface area contributed by atoms with Crippen LogP contribution in [0.2, 0.25) is 0 Å². The monoisotopic (exact) mass is 316 g/mol. The van der Waals surface area contributed by atoms with Crippen LogP contribution in [0, 0.1) is 0 Å². The second kappa shape index (κ2) is 7.54. The fraction of sp³-hybridized carbons (Fsp3) is 0.875. The van der Waals surface area contributed by atoms with Crippen molar-refractivity contribution >= 4 is 56.1 Å². The number of amidine groups is 1. The van der Waals surface area contributed by atoms with Gasteiger partial charge in [0.25, 0.3) is 0 Å². The Hall–Kier alpha value is 1.13. The Bertz CT molecular complexity index is 286. The van der Waals surface area contributed by atoms with E-state index in [0.717, 1.165) is 31.5 Å². The summed E-state index contributed by atoms with van der Waals surface area (Å²) >= 11 is 10.7. The largest absolute Gasteiger partial charge is 0.378 e. The van der Waals surface area contributed by atoms with Gasteiger partial charge in [0, 0.05) is 13.1 Å². The number of morpholine rings is 1. The molecule has 8 heteroatoms. The molecule has 0 amide bonds. The summed E-state index contributed by atoms with van der Waals surface area (Å²) in [6.07, 6.45) is 6.17. The summed E-state index contributed by atoms with van der Waals surface area (Å²) in [6.45, 7) is 3.44. The van der Waals surface area contributed by atoms with Crippen molar-refractivity contribution in [3.63, 3.8) is 0 Å². The third kappa shape index (κ3) is 4.42. The predicted molar refractivity (Wildman–Crippen MR) is 84.7 cm³/mol. The van der Waals surface area contributed by atoms with Crippen LogP contribution < -0.4 is 0 Å². The summed E-state index contributed by atoms with van der Waals surface area (Å²) in [6, 6.07) is 0. The Balaban J connectivity index is 2.78. The van der Waals surface area contributed by atoms with Crippen LogP contribution in [0.25, 0.3) is 0 Å². The number of hydrogen-bond donors (Lipinski definition) is 0. The van der Waals surface area contributed by atoms with E-state index >= 15 is 0 Å². The van der Waals surface area contributed by atoms with Gasteiger partial charge in [-0.3, -0.25) is 0 Å². The maximum Gasteiger partial charge on any atom is 0.165 e. The van der Waals surface area contributed by atoms with Crippen molar-refractivity contribution in [1.82, 2.24) is 4.90 Å². The van der Waals surface area contributed by atoms with Crippen LogP contribution >= 0.6 is 39.1 Å². The minimum atomic E-state index is -1.67. The van der Waals surface area contributed by atoms with Gasteiger partial charge in [-0.25, -0.2) is 4.76 Å². The van der Waals surface area contributed by atoms with E-state index in [1.165, 1.54) is 0 Å². The zero-order valence-corrected chi connectivity index (χ0v) is 13.9. The van der Waals surface area contributed by atoms with Gasteiger partial charge in [-0.1, -0.05) is 34.5 Å². The van der Waals surface area contributed by atoms with Gasteiger partial charge in [0.2, 0.25) is 0 Å². The molecule has 0 aliphatic carbocycles. The minimum Gasteiger partial charge on any atom is -0.378 e. The molecule has 1 fully saturated rings. The molecule has 0 bridgehead atoms. The van der Waals surface area contributed by atoms with E-state index in [1.807, 2.05) is 0 Å². The zero-order chi connectivity index (χ0) is 12.0. The van der Waals surface area contributed by atoms with E-state index in [2.05, 4.69) is 23.7 Å². The molecular weight excluding hydrogens is 299 g/mol. The lowest BCUT2D eigenvalue weighted by Crippen LogP contribution is -2.39. The second-order valence-corrected chi connectivity index (χ2v) is 14.7. The lowest BCUT2D eigenvalue weighted by Gasteiger charge is -2.29. The highest BCUT2D eigenvalue weighted by molar-refractivity contribution is 9.00. The highest BCUT2D eigenvalue weighted by Crippen LogP contribution is 2.68. The molecule has 0 unspecified atom stereocenters. The Labute approximate surface area is 115 Å². The molecule has 1 aliphatic rings. The molecule has 0 radical (unpaired) electrons. The first-order valence-electron chi connectivity index (χ1n) is 4.83. The Morgan fingerprint density at radius 3 is 2.25 bits per heavy atom. The van der Waals surface area contributed by atoms with Crippen LogP contribution in [0.4, 0.5) is 0 Å². The summed E-state index contributed by atoms with van der Waals surface area (Å²) in [7, 11) is 0. The van der Waals surface area contributed by atoms with Crippen LogP contribution in [-0.4, -0.2) is 55.1 Å². The SMILES string of the molecule is CS/C(=N\P(=S)(SC)SC)N1CCOCC1. The first-order chi connectivity index (χ1) is 7.65. The first-order valence-corrected chi connectivity index (χ1v) is 12.5. The van der Waals surface area contributed by atoms with E-state index in [1.54, 1.807) is 34.5 Å². The average Bonchev–Trinajstić information content (AvgIpc) is 2.36. The summed E-state index contributed by atoms with van der Waals surface area (Å²) in [4.78, 5) is 2.28. The average molecular weight is 316 g/mol. The summed E-state index contributed by atoms with van der Waals surface area (Å²) in [5.74, 6) is 0. The number of ether oxygens (including phenoxy) is 1. The van der Waals surface area contributed by atoms with Gasteiger partial charge in [-0.2, -0.15) is 0 Å². The van der Waals surface area contributed by atoms with Gasteiger partial charge >= 0.3 is 0 Å². The Kier molecular flexibility index (Phi) is 7.16. The van der Waals surface area contributed by atoms with Gasteiger partial charge in [0.05, 0.1) is 13.2 Å². The Morgan fingerprint density at radius 2 is 1.81 bits per heavy atom.